The Kier molecular flexibility index (Phi) is 3.31. The zero-order valence-electron chi connectivity index (χ0n) is 10.4. The molecule has 2 N–H and O–H groups in total. The van der Waals surface area contributed by atoms with Crippen LogP contribution in [0.15, 0.2) is 16.9 Å². The SMILES string of the molecule is CCC(N)(CC)c1ncc(-c2cnoc2C)s1. The highest BCUT2D eigenvalue weighted by atomic mass is 32.1. The minimum Gasteiger partial charge on any atom is -0.361 e. The molecule has 0 saturated carbocycles. The van der Waals surface area contributed by atoms with Crippen molar-refractivity contribution >= 4 is 11.3 Å². The van der Waals surface area contributed by atoms with Crippen molar-refractivity contribution < 1.29 is 4.52 Å². The number of hydrogen-bond acceptors (Lipinski definition) is 5. The van der Waals surface area contributed by atoms with Crippen molar-refractivity contribution in [3.05, 3.63) is 23.2 Å². The topological polar surface area (TPSA) is 64.9 Å². The first-order chi connectivity index (χ1) is 8.10. The lowest BCUT2D eigenvalue weighted by molar-refractivity contribution is 0.398. The van der Waals surface area contributed by atoms with Gasteiger partial charge < -0.3 is 10.3 Å². The number of thiazole rings is 1. The minimum atomic E-state index is -0.312. The molecular formula is C12H17N3OS. The molecule has 0 fully saturated rings. The molecule has 0 amide bonds. The Balaban J connectivity index is 2.37. The van der Waals surface area contributed by atoms with Crippen LogP contribution in [0.25, 0.3) is 10.4 Å². The molecule has 2 heterocycles. The van der Waals surface area contributed by atoms with E-state index in [4.69, 9.17) is 10.3 Å². The van der Waals surface area contributed by atoms with Gasteiger partial charge in [-0.1, -0.05) is 19.0 Å². The fourth-order valence-corrected chi connectivity index (χ4v) is 2.93. The van der Waals surface area contributed by atoms with Crippen LogP contribution in [0.2, 0.25) is 0 Å². The standard InChI is InChI=1S/C12H17N3OS/c1-4-12(13,5-2)11-14-7-10(17-11)9-6-15-16-8(9)3/h6-7H,4-5,13H2,1-3H3. The molecule has 92 valence electrons. The lowest BCUT2D eigenvalue weighted by Gasteiger charge is -2.23. The predicted molar refractivity (Wildman–Crippen MR) is 68.8 cm³/mol. The molecule has 0 radical (unpaired) electrons. The number of aryl methyl sites for hydroxylation is 1. The number of nitrogens with two attached hydrogens (primary N) is 1. The van der Waals surface area contributed by atoms with Gasteiger partial charge in [-0.15, -0.1) is 11.3 Å². The molecule has 0 atom stereocenters. The number of aromatic nitrogens is 2. The van der Waals surface area contributed by atoms with Crippen molar-refractivity contribution in [1.82, 2.24) is 10.1 Å². The van der Waals surface area contributed by atoms with Gasteiger partial charge in [0.15, 0.2) is 0 Å². The monoisotopic (exact) mass is 251 g/mol. The molecular weight excluding hydrogens is 234 g/mol. The molecule has 0 aliphatic carbocycles. The molecule has 0 unspecified atom stereocenters. The van der Waals surface area contributed by atoms with Crippen molar-refractivity contribution in [1.29, 1.82) is 0 Å². The number of hydrogen-bond donors (Lipinski definition) is 1. The Hall–Kier alpha value is -1.20. The van der Waals surface area contributed by atoms with Crippen LogP contribution in [0.4, 0.5) is 0 Å². The Morgan fingerprint density at radius 1 is 1.35 bits per heavy atom. The highest BCUT2D eigenvalue weighted by Crippen LogP contribution is 2.35. The zero-order valence-corrected chi connectivity index (χ0v) is 11.2. The summed E-state index contributed by atoms with van der Waals surface area (Å²) in [6.07, 6.45) is 5.35. The number of rotatable bonds is 4. The first-order valence-corrected chi connectivity index (χ1v) is 6.59. The normalized spacial score (nSPS) is 12.0. The van der Waals surface area contributed by atoms with Crippen LogP contribution in [-0.2, 0) is 5.54 Å². The Labute approximate surface area is 105 Å². The molecule has 2 aromatic heterocycles. The van der Waals surface area contributed by atoms with Crippen molar-refractivity contribution in [3.8, 4) is 10.4 Å². The maximum atomic E-state index is 6.33. The van der Waals surface area contributed by atoms with Gasteiger partial charge in [-0.05, 0) is 19.8 Å². The summed E-state index contributed by atoms with van der Waals surface area (Å²) in [6.45, 7) is 6.08. The van der Waals surface area contributed by atoms with Gasteiger partial charge in [-0.2, -0.15) is 0 Å². The summed E-state index contributed by atoms with van der Waals surface area (Å²) in [4.78, 5) is 5.52. The van der Waals surface area contributed by atoms with Gasteiger partial charge in [0.05, 0.1) is 22.2 Å². The summed E-state index contributed by atoms with van der Waals surface area (Å²) in [5.41, 5.74) is 7.02. The van der Waals surface area contributed by atoms with Gasteiger partial charge in [0, 0.05) is 6.20 Å². The average Bonchev–Trinajstić information content (AvgIpc) is 2.96. The lowest BCUT2D eigenvalue weighted by Crippen LogP contribution is -2.34. The lowest BCUT2D eigenvalue weighted by atomic mass is 9.95. The van der Waals surface area contributed by atoms with E-state index in [1.54, 1.807) is 17.5 Å². The van der Waals surface area contributed by atoms with Crippen LogP contribution < -0.4 is 5.73 Å². The van der Waals surface area contributed by atoms with Crippen LogP contribution in [0.1, 0.15) is 37.5 Å². The summed E-state index contributed by atoms with van der Waals surface area (Å²) in [7, 11) is 0. The maximum Gasteiger partial charge on any atom is 0.142 e. The summed E-state index contributed by atoms with van der Waals surface area (Å²) in [5.74, 6) is 0.816. The largest absolute Gasteiger partial charge is 0.361 e. The predicted octanol–water partition coefficient (Wildman–Crippen LogP) is 3.08. The van der Waals surface area contributed by atoms with Gasteiger partial charge in [0.1, 0.15) is 10.8 Å². The Morgan fingerprint density at radius 3 is 2.59 bits per heavy atom. The fourth-order valence-electron chi connectivity index (χ4n) is 1.72. The van der Waals surface area contributed by atoms with Crippen molar-refractivity contribution in [2.45, 2.75) is 39.2 Å². The van der Waals surface area contributed by atoms with Crippen molar-refractivity contribution in [3.63, 3.8) is 0 Å². The third-order valence-electron chi connectivity index (χ3n) is 3.21. The van der Waals surface area contributed by atoms with E-state index in [0.29, 0.717) is 0 Å². The Morgan fingerprint density at radius 2 is 2.06 bits per heavy atom. The molecule has 0 saturated heterocycles. The first-order valence-electron chi connectivity index (χ1n) is 5.77. The van der Waals surface area contributed by atoms with Crippen LogP contribution in [-0.4, -0.2) is 10.1 Å². The smallest absolute Gasteiger partial charge is 0.142 e. The zero-order chi connectivity index (χ0) is 12.5. The molecule has 4 nitrogen and oxygen atoms in total. The van der Waals surface area contributed by atoms with Gasteiger partial charge in [0.25, 0.3) is 0 Å². The molecule has 17 heavy (non-hydrogen) atoms. The second-order valence-corrected chi connectivity index (χ2v) is 5.22. The third-order valence-corrected chi connectivity index (χ3v) is 4.46. The molecule has 2 aromatic rings. The van der Waals surface area contributed by atoms with E-state index in [1.165, 1.54) is 0 Å². The second-order valence-electron chi connectivity index (χ2n) is 4.19. The first kappa shape index (κ1) is 12.3. The van der Waals surface area contributed by atoms with E-state index in [-0.39, 0.29) is 5.54 Å². The van der Waals surface area contributed by atoms with Crippen LogP contribution in [0.5, 0.6) is 0 Å². The molecule has 0 aliphatic heterocycles. The molecule has 2 rings (SSSR count). The second kappa shape index (κ2) is 4.58. The maximum absolute atomic E-state index is 6.33. The minimum absolute atomic E-state index is 0.312. The highest BCUT2D eigenvalue weighted by molar-refractivity contribution is 7.15. The molecule has 5 heteroatoms. The summed E-state index contributed by atoms with van der Waals surface area (Å²) >= 11 is 1.62. The molecule has 0 aliphatic rings. The van der Waals surface area contributed by atoms with Gasteiger partial charge >= 0.3 is 0 Å². The van der Waals surface area contributed by atoms with Gasteiger partial charge in [-0.3, -0.25) is 0 Å². The third kappa shape index (κ3) is 2.12. The molecule has 0 aromatic carbocycles. The van der Waals surface area contributed by atoms with E-state index in [9.17, 15) is 0 Å². The van der Waals surface area contributed by atoms with Crippen LogP contribution in [0, 0.1) is 6.92 Å². The molecule has 0 bridgehead atoms. The highest BCUT2D eigenvalue weighted by Gasteiger charge is 2.27. The quantitative estimate of drug-likeness (QED) is 0.907. The fraction of sp³-hybridized carbons (Fsp3) is 0.500. The average molecular weight is 251 g/mol. The van der Waals surface area contributed by atoms with Gasteiger partial charge in [-0.25, -0.2) is 4.98 Å². The van der Waals surface area contributed by atoms with Crippen LogP contribution >= 0.6 is 11.3 Å². The summed E-state index contributed by atoms with van der Waals surface area (Å²) < 4.78 is 5.06. The van der Waals surface area contributed by atoms with Crippen molar-refractivity contribution in [2.24, 2.45) is 5.73 Å². The summed E-state index contributed by atoms with van der Waals surface area (Å²) in [6, 6.07) is 0. The summed E-state index contributed by atoms with van der Waals surface area (Å²) in [5, 5.41) is 4.77. The number of nitrogens with zero attached hydrogens (tertiary/aromatic N) is 2. The van der Waals surface area contributed by atoms with E-state index in [1.807, 2.05) is 13.1 Å². The Bertz CT molecular complexity index is 499. The van der Waals surface area contributed by atoms with Crippen LogP contribution in [0.3, 0.4) is 0 Å². The van der Waals surface area contributed by atoms with E-state index >= 15 is 0 Å². The van der Waals surface area contributed by atoms with E-state index < -0.39 is 0 Å². The molecule has 0 spiro atoms. The van der Waals surface area contributed by atoms with Crippen molar-refractivity contribution in [2.75, 3.05) is 0 Å². The van der Waals surface area contributed by atoms with E-state index in [0.717, 1.165) is 34.1 Å². The van der Waals surface area contributed by atoms with E-state index in [2.05, 4.69) is 24.0 Å². The van der Waals surface area contributed by atoms with Gasteiger partial charge in [0.2, 0.25) is 0 Å².